The number of esters is 1. The van der Waals surface area contributed by atoms with Gasteiger partial charge >= 0.3 is 18.3 Å². The number of thiocarbonyl (C=S) groups is 1. The van der Waals surface area contributed by atoms with Crippen molar-refractivity contribution in [1.82, 2.24) is 4.90 Å². The quantitative estimate of drug-likeness (QED) is 0.456. The Labute approximate surface area is 139 Å². The minimum absolute atomic E-state index is 0.292. The zero-order valence-corrected chi connectivity index (χ0v) is 13.6. The van der Waals surface area contributed by atoms with E-state index in [0.29, 0.717) is 6.07 Å². The molecule has 0 heterocycles. The zero-order chi connectivity index (χ0) is 18.9. The minimum atomic E-state index is -5.31. The van der Waals surface area contributed by atoms with Crippen LogP contribution in [-0.2, 0) is 21.3 Å². The first-order chi connectivity index (χ1) is 10.7. The van der Waals surface area contributed by atoms with E-state index in [9.17, 15) is 31.1 Å². The van der Waals surface area contributed by atoms with Crippen LogP contribution in [0.5, 0.6) is 0 Å². The van der Waals surface area contributed by atoms with E-state index in [1.165, 1.54) is 19.0 Å². The molecular formula is C14H13F6NO2S. The first-order valence-corrected chi connectivity index (χ1v) is 6.80. The SMILES string of the molecule is CN(C)C(=S)C(C)(OC(=O)C(F)(F)F)c1cccc(C(F)(F)F)c1. The largest absolute Gasteiger partial charge is 0.490 e. The van der Waals surface area contributed by atoms with Gasteiger partial charge in [-0.15, -0.1) is 0 Å². The van der Waals surface area contributed by atoms with Gasteiger partial charge in [-0.05, 0) is 19.1 Å². The highest BCUT2D eigenvalue weighted by Gasteiger charge is 2.48. The van der Waals surface area contributed by atoms with E-state index in [2.05, 4.69) is 4.74 Å². The number of hydrogen-bond donors (Lipinski definition) is 0. The maximum absolute atomic E-state index is 12.8. The van der Waals surface area contributed by atoms with Crippen LogP contribution in [0.1, 0.15) is 18.1 Å². The Bertz CT molecular complexity index is 641. The van der Waals surface area contributed by atoms with E-state index < -0.39 is 29.5 Å². The molecule has 10 heteroatoms. The molecule has 1 unspecified atom stereocenters. The molecule has 3 nitrogen and oxygen atoms in total. The zero-order valence-electron chi connectivity index (χ0n) is 12.7. The summed E-state index contributed by atoms with van der Waals surface area (Å²) in [5.74, 6) is -2.55. The summed E-state index contributed by atoms with van der Waals surface area (Å²) in [4.78, 5) is 12.1. The van der Waals surface area contributed by atoms with Gasteiger partial charge < -0.3 is 9.64 Å². The van der Waals surface area contributed by atoms with Gasteiger partial charge in [0.25, 0.3) is 0 Å². The Morgan fingerprint density at radius 3 is 2.00 bits per heavy atom. The topological polar surface area (TPSA) is 29.5 Å². The molecule has 1 aromatic rings. The molecule has 0 aromatic heterocycles. The number of carbonyl (C=O) groups excluding carboxylic acids is 1. The molecule has 0 aliphatic carbocycles. The van der Waals surface area contributed by atoms with E-state index in [1.54, 1.807) is 0 Å². The molecule has 0 amide bonds. The van der Waals surface area contributed by atoms with Crippen molar-refractivity contribution in [3.05, 3.63) is 35.4 Å². The molecule has 0 spiro atoms. The van der Waals surface area contributed by atoms with Crippen LogP contribution < -0.4 is 0 Å². The van der Waals surface area contributed by atoms with Crippen molar-refractivity contribution in [2.75, 3.05) is 14.1 Å². The van der Waals surface area contributed by atoms with E-state index in [-0.39, 0.29) is 10.6 Å². The van der Waals surface area contributed by atoms with E-state index >= 15 is 0 Å². The molecule has 1 aromatic carbocycles. The third-order valence-electron chi connectivity index (χ3n) is 3.08. The van der Waals surface area contributed by atoms with Gasteiger partial charge in [-0.25, -0.2) is 4.79 Å². The van der Waals surface area contributed by atoms with Crippen molar-refractivity contribution < 1.29 is 35.9 Å². The summed E-state index contributed by atoms with van der Waals surface area (Å²) < 4.78 is 80.5. The lowest BCUT2D eigenvalue weighted by atomic mass is 9.93. The van der Waals surface area contributed by atoms with Crippen LogP contribution >= 0.6 is 12.2 Å². The summed E-state index contributed by atoms with van der Waals surface area (Å²) in [7, 11) is 2.74. The predicted octanol–water partition coefficient (Wildman–Crippen LogP) is 3.92. The minimum Gasteiger partial charge on any atom is -0.440 e. The van der Waals surface area contributed by atoms with Crippen LogP contribution in [0.15, 0.2) is 24.3 Å². The van der Waals surface area contributed by atoms with E-state index in [4.69, 9.17) is 12.2 Å². The number of halogens is 6. The summed E-state index contributed by atoms with van der Waals surface area (Å²) in [6.45, 7) is 1.01. The van der Waals surface area contributed by atoms with Crippen LogP contribution in [0.25, 0.3) is 0 Å². The van der Waals surface area contributed by atoms with Gasteiger partial charge in [0.1, 0.15) is 4.99 Å². The second kappa shape index (κ2) is 6.58. The molecule has 0 fully saturated rings. The third-order valence-corrected chi connectivity index (χ3v) is 3.84. The number of hydrogen-bond acceptors (Lipinski definition) is 3. The average molecular weight is 373 g/mol. The molecule has 0 saturated carbocycles. The first-order valence-electron chi connectivity index (χ1n) is 6.39. The van der Waals surface area contributed by atoms with Crippen LogP contribution in [0.2, 0.25) is 0 Å². The summed E-state index contributed by atoms with van der Waals surface area (Å²) in [5, 5.41) is 0. The third kappa shape index (κ3) is 4.37. The number of ether oxygens (including phenoxy) is 1. The molecule has 1 atom stereocenters. The molecule has 0 aliphatic rings. The Morgan fingerprint density at radius 2 is 1.58 bits per heavy atom. The van der Waals surface area contributed by atoms with Crippen LogP contribution in [-0.4, -0.2) is 36.1 Å². The number of likely N-dealkylation sites (N-methyl/N-ethyl adjacent to an activating group) is 1. The fourth-order valence-electron chi connectivity index (χ4n) is 1.89. The van der Waals surface area contributed by atoms with Gasteiger partial charge in [0.2, 0.25) is 0 Å². The monoisotopic (exact) mass is 373 g/mol. The Kier molecular flexibility index (Phi) is 5.54. The molecular weight excluding hydrogens is 360 g/mol. The van der Waals surface area contributed by atoms with Gasteiger partial charge in [0, 0.05) is 19.7 Å². The summed E-state index contributed by atoms with van der Waals surface area (Å²) >= 11 is 4.97. The standard InChI is InChI=1S/C14H13F6NO2S/c1-12(10(24)21(2)3,23-11(22)14(18,19)20)8-5-4-6-9(7-8)13(15,16)17/h4-7H,1-3H3. The highest BCUT2D eigenvalue weighted by Crippen LogP contribution is 2.36. The molecule has 0 bridgehead atoms. The summed E-state index contributed by atoms with van der Waals surface area (Å²) in [6, 6.07) is 3.44. The molecule has 1 rings (SSSR count). The van der Waals surface area contributed by atoms with E-state index in [0.717, 1.165) is 25.1 Å². The normalized spacial score (nSPS) is 14.7. The van der Waals surface area contributed by atoms with E-state index in [1.807, 2.05) is 0 Å². The second-order valence-electron chi connectivity index (χ2n) is 5.20. The second-order valence-corrected chi connectivity index (χ2v) is 5.59. The summed E-state index contributed by atoms with van der Waals surface area (Å²) in [5.41, 5.74) is -3.63. The highest BCUT2D eigenvalue weighted by molar-refractivity contribution is 7.80. The fraction of sp³-hybridized carbons (Fsp3) is 0.429. The smallest absolute Gasteiger partial charge is 0.440 e. The lowest BCUT2D eigenvalue weighted by Crippen LogP contribution is -2.46. The molecule has 24 heavy (non-hydrogen) atoms. The van der Waals surface area contributed by atoms with Crippen LogP contribution in [0, 0.1) is 0 Å². The fourth-order valence-corrected chi connectivity index (χ4v) is 2.05. The van der Waals surface area contributed by atoms with Gasteiger partial charge in [-0.3, -0.25) is 0 Å². The lowest BCUT2D eigenvalue weighted by Gasteiger charge is -2.34. The number of rotatable bonds is 3. The van der Waals surface area contributed by atoms with Crippen molar-refractivity contribution >= 4 is 23.2 Å². The Hall–Kier alpha value is -1.84. The Balaban J connectivity index is 3.44. The number of alkyl halides is 6. The molecule has 0 radical (unpaired) electrons. The van der Waals surface area contributed by atoms with Crippen molar-refractivity contribution in [2.24, 2.45) is 0 Å². The van der Waals surface area contributed by atoms with Crippen LogP contribution in [0.4, 0.5) is 26.3 Å². The van der Waals surface area contributed by atoms with Gasteiger partial charge in [0.15, 0.2) is 5.60 Å². The number of nitrogens with zero attached hydrogens (tertiary/aromatic N) is 1. The maximum Gasteiger partial charge on any atom is 0.490 e. The maximum atomic E-state index is 12.8. The van der Waals surface area contributed by atoms with Crippen molar-refractivity contribution in [2.45, 2.75) is 24.9 Å². The van der Waals surface area contributed by atoms with Gasteiger partial charge in [-0.1, -0.05) is 24.4 Å². The summed E-state index contributed by atoms with van der Waals surface area (Å²) in [6.07, 6.45) is -10.0. The lowest BCUT2D eigenvalue weighted by molar-refractivity contribution is -0.208. The first kappa shape index (κ1) is 20.2. The molecule has 134 valence electrons. The molecule has 0 aliphatic heterocycles. The highest BCUT2D eigenvalue weighted by atomic mass is 32.1. The predicted molar refractivity (Wildman–Crippen MR) is 77.2 cm³/mol. The van der Waals surface area contributed by atoms with Crippen molar-refractivity contribution in [3.8, 4) is 0 Å². The number of carbonyl (C=O) groups is 1. The van der Waals surface area contributed by atoms with Gasteiger partial charge in [-0.2, -0.15) is 26.3 Å². The average Bonchev–Trinajstić information content (AvgIpc) is 2.44. The van der Waals surface area contributed by atoms with Crippen molar-refractivity contribution in [1.29, 1.82) is 0 Å². The molecule has 0 N–H and O–H groups in total. The Morgan fingerprint density at radius 1 is 1.08 bits per heavy atom. The van der Waals surface area contributed by atoms with Crippen LogP contribution in [0.3, 0.4) is 0 Å². The number of benzene rings is 1. The molecule has 0 saturated heterocycles. The van der Waals surface area contributed by atoms with Crippen molar-refractivity contribution in [3.63, 3.8) is 0 Å². The van der Waals surface area contributed by atoms with Gasteiger partial charge in [0.05, 0.1) is 5.56 Å².